The van der Waals surface area contributed by atoms with E-state index in [4.69, 9.17) is 23.8 Å². The molecule has 0 radical (unpaired) electrons. The molecule has 0 saturated carbocycles. The molecule has 0 bridgehead atoms. The Labute approximate surface area is 368 Å². The number of rotatable bonds is 39. The molecule has 0 saturated heterocycles. The number of unbranched alkanes of at least 4 members (excludes halogenated alkanes) is 8. The molecule has 0 rings (SSSR count). The number of carbonyl (C=O) groups excluding carboxylic acids is 2. The van der Waals surface area contributed by atoms with Crippen LogP contribution >= 0.6 is 15.6 Å². The number of ether oxygens (including phenoxy) is 2. The van der Waals surface area contributed by atoms with Crippen molar-refractivity contribution in [2.45, 2.75) is 154 Å². The number of phosphoric acid groups is 2. The second kappa shape index (κ2) is 38.6. The molecule has 0 aliphatic carbocycles. The van der Waals surface area contributed by atoms with E-state index < -0.39 is 84.5 Å². The average molecular weight is 921 g/mol. The topological polar surface area (TPSA) is 256 Å². The molecule has 62 heavy (non-hydrogen) atoms. The third-order valence-corrected chi connectivity index (χ3v) is 10.0. The summed E-state index contributed by atoms with van der Waals surface area (Å²) in [4.78, 5) is 52.7. The quantitative estimate of drug-likeness (QED) is 0.0103. The molecule has 0 fully saturated rings. The van der Waals surface area contributed by atoms with Crippen LogP contribution < -0.4 is 0 Å². The van der Waals surface area contributed by atoms with Gasteiger partial charge in [0.15, 0.2) is 6.10 Å². The second-order valence-corrected chi connectivity index (χ2v) is 17.1. The molecule has 0 spiro atoms. The molecular formula is C44H74O16P2. The van der Waals surface area contributed by atoms with Gasteiger partial charge in [-0.1, -0.05) is 131 Å². The van der Waals surface area contributed by atoms with Gasteiger partial charge < -0.3 is 44.6 Å². The van der Waals surface area contributed by atoms with Crippen molar-refractivity contribution in [1.82, 2.24) is 0 Å². The van der Waals surface area contributed by atoms with E-state index in [9.17, 15) is 44.0 Å². The van der Waals surface area contributed by atoms with Crippen molar-refractivity contribution < 1.29 is 76.9 Å². The first-order valence-electron chi connectivity index (χ1n) is 21.6. The summed E-state index contributed by atoms with van der Waals surface area (Å²) >= 11 is 0. The molecule has 356 valence electrons. The number of carbonyl (C=O) groups is 2. The number of aliphatic hydroxyl groups excluding tert-OH is 4. The summed E-state index contributed by atoms with van der Waals surface area (Å²) in [6.45, 7) is 1.11. The lowest BCUT2D eigenvalue weighted by molar-refractivity contribution is -0.161. The fourth-order valence-electron chi connectivity index (χ4n) is 5.19. The first-order chi connectivity index (χ1) is 29.6. The van der Waals surface area contributed by atoms with E-state index in [1.807, 2.05) is 19.1 Å². The van der Waals surface area contributed by atoms with Crippen LogP contribution in [0.3, 0.4) is 0 Å². The number of hydrogen-bond donors (Lipinski definition) is 7. The van der Waals surface area contributed by atoms with E-state index in [0.29, 0.717) is 12.8 Å². The molecule has 0 aromatic rings. The molecule has 0 amide bonds. The molecule has 0 heterocycles. The molecule has 6 atom stereocenters. The van der Waals surface area contributed by atoms with Crippen LogP contribution in [0.4, 0.5) is 0 Å². The Morgan fingerprint density at radius 2 is 1.18 bits per heavy atom. The van der Waals surface area contributed by atoms with Gasteiger partial charge in [-0.3, -0.25) is 23.2 Å². The Hall–Kier alpha value is -2.82. The zero-order valence-corrected chi connectivity index (χ0v) is 38.3. The number of allylic oxidation sites excluding steroid dienone is 11. The van der Waals surface area contributed by atoms with Crippen molar-refractivity contribution in [2.75, 3.05) is 26.4 Å². The molecule has 18 heteroatoms. The van der Waals surface area contributed by atoms with E-state index in [1.54, 1.807) is 42.5 Å². The Kier molecular flexibility index (Phi) is 36.9. The summed E-state index contributed by atoms with van der Waals surface area (Å²) in [6, 6.07) is 0. The summed E-state index contributed by atoms with van der Waals surface area (Å²) in [5.41, 5.74) is 0. The minimum atomic E-state index is -4.91. The van der Waals surface area contributed by atoms with Gasteiger partial charge in [0.05, 0.1) is 38.1 Å². The number of esters is 2. The van der Waals surface area contributed by atoms with Crippen LogP contribution in [0.2, 0.25) is 0 Å². The fourth-order valence-corrected chi connectivity index (χ4v) is 6.34. The van der Waals surface area contributed by atoms with Crippen LogP contribution in [0.5, 0.6) is 0 Å². The normalized spacial score (nSPS) is 16.3. The van der Waals surface area contributed by atoms with Crippen LogP contribution in [-0.2, 0) is 41.8 Å². The molecule has 1 unspecified atom stereocenters. The standard InChI is InChI=1S/C44H74O16P2/c1-3-5-7-8-9-10-11-12-13-14-15-16-17-22-26-32-44(50)60-40(37-59-62(54,55)58-35-39(46)34-57-61(51,52)53)36-56-43(49)33-27-31-42(48)41(47)30-25-21-19-18-20-24-29-38(45)28-23-6-4-2/h6,9-10,12-13,18-21,23-25,29-30,38-42,45-48H,3-5,7-8,11,14-17,22,26-28,31-37H2,1-2H3,(H,54,55)(H2,51,52,53)/b10-9-,13-12-,20-18+,21-19-,23-6-,29-24+,30-25-/t38-,39+,40-,41+,42+/m1/s1. The molecule has 7 N–H and O–H groups in total. The van der Waals surface area contributed by atoms with Crippen LogP contribution in [0, 0.1) is 0 Å². The lowest BCUT2D eigenvalue weighted by atomic mass is 10.1. The van der Waals surface area contributed by atoms with E-state index in [0.717, 1.165) is 51.4 Å². The van der Waals surface area contributed by atoms with Crippen LogP contribution in [0.25, 0.3) is 0 Å². The van der Waals surface area contributed by atoms with E-state index in [-0.39, 0.29) is 25.7 Å². The maximum atomic E-state index is 12.7. The maximum Gasteiger partial charge on any atom is 0.472 e. The Bertz CT molecular complexity index is 1470. The van der Waals surface area contributed by atoms with Crippen molar-refractivity contribution in [1.29, 1.82) is 0 Å². The van der Waals surface area contributed by atoms with Gasteiger partial charge >= 0.3 is 27.6 Å². The molecule has 16 nitrogen and oxygen atoms in total. The molecular weight excluding hydrogens is 846 g/mol. The Morgan fingerprint density at radius 3 is 1.84 bits per heavy atom. The van der Waals surface area contributed by atoms with Gasteiger partial charge in [-0.2, -0.15) is 0 Å². The fraction of sp³-hybridized carbons (Fsp3) is 0.636. The van der Waals surface area contributed by atoms with Crippen LogP contribution in [0.1, 0.15) is 123 Å². The van der Waals surface area contributed by atoms with Crippen molar-refractivity contribution in [3.05, 3.63) is 85.1 Å². The Balaban J connectivity index is 4.88. The third-order valence-electron chi connectivity index (χ3n) is 8.60. The first kappa shape index (κ1) is 59.2. The van der Waals surface area contributed by atoms with Crippen molar-refractivity contribution in [2.24, 2.45) is 0 Å². The van der Waals surface area contributed by atoms with Crippen molar-refractivity contribution >= 4 is 27.6 Å². The lowest BCUT2D eigenvalue weighted by Crippen LogP contribution is -2.30. The van der Waals surface area contributed by atoms with Crippen molar-refractivity contribution in [3.63, 3.8) is 0 Å². The SMILES string of the molecule is CC/C=C\C[C@@H](O)/C=C/C=C/C=C\C=C/[C@H](O)[C@@H](O)CCCC(=O)OC[C@H](COP(=O)(O)OC[C@@H](O)COP(=O)(O)O)OC(=O)CCCCCCC/C=C\C/C=C\CCCCC. The summed E-state index contributed by atoms with van der Waals surface area (Å²) in [5, 5.41) is 40.1. The highest BCUT2D eigenvalue weighted by Crippen LogP contribution is 2.43. The highest BCUT2D eigenvalue weighted by Gasteiger charge is 2.28. The lowest BCUT2D eigenvalue weighted by Gasteiger charge is -2.20. The van der Waals surface area contributed by atoms with Gasteiger partial charge in [-0.05, 0) is 64.2 Å². The predicted octanol–water partition coefficient (Wildman–Crippen LogP) is 7.69. The van der Waals surface area contributed by atoms with Crippen molar-refractivity contribution in [3.8, 4) is 0 Å². The molecule has 0 aromatic heterocycles. The smallest absolute Gasteiger partial charge is 0.462 e. The van der Waals surface area contributed by atoms with Gasteiger partial charge in [0.2, 0.25) is 0 Å². The maximum absolute atomic E-state index is 12.7. The Morgan fingerprint density at radius 1 is 0.597 bits per heavy atom. The highest BCUT2D eigenvalue weighted by molar-refractivity contribution is 7.47. The summed E-state index contributed by atoms with van der Waals surface area (Å²) in [6.07, 6.45) is 32.3. The predicted molar refractivity (Wildman–Crippen MR) is 238 cm³/mol. The molecule has 0 aliphatic rings. The summed E-state index contributed by atoms with van der Waals surface area (Å²) in [5.74, 6) is -1.39. The zero-order chi connectivity index (χ0) is 46.3. The van der Waals surface area contributed by atoms with Gasteiger partial charge in [0.1, 0.15) is 12.7 Å². The molecule has 0 aromatic carbocycles. The molecule has 0 aliphatic heterocycles. The summed E-state index contributed by atoms with van der Waals surface area (Å²) in [7, 11) is -9.81. The highest BCUT2D eigenvalue weighted by atomic mass is 31.2. The van der Waals surface area contributed by atoms with Crippen LogP contribution in [0.15, 0.2) is 85.1 Å². The van der Waals surface area contributed by atoms with E-state index in [1.165, 1.54) is 25.3 Å². The summed E-state index contributed by atoms with van der Waals surface area (Å²) < 4.78 is 47.5. The van der Waals surface area contributed by atoms with Crippen LogP contribution in [-0.4, -0.2) is 104 Å². The first-order valence-corrected chi connectivity index (χ1v) is 24.6. The number of hydrogen-bond acceptors (Lipinski definition) is 13. The largest absolute Gasteiger partial charge is 0.472 e. The van der Waals surface area contributed by atoms with Gasteiger partial charge in [-0.15, -0.1) is 0 Å². The second-order valence-electron chi connectivity index (χ2n) is 14.4. The van der Waals surface area contributed by atoms with E-state index in [2.05, 4.69) is 40.3 Å². The number of aliphatic hydroxyl groups is 4. The zero-order valence-electron chi connectivity index (χ0n) is 36.5. The minimum absolute atomic E-state index is 0.0366. The van der Waals surface area contributed by atoms with Gasteiger partial charge in [-0.25, -0.2) is 9.13 Å². The van der Waals surface area contributed by atoms with Gasteiger partial charge in [0.25, 0.3) is 0 Å². The third kappa shape index (κ3) is 40.0. The minimum Gasteiger partial charge on any atom is -0.462 e. The van der Waals surface area contributed by atoms with E-state index >= 15 is 0 Å². The van der Waals surface area contributed by atoms with Gasteiger partial charge in [0, 0.05) is 12.8 Å². The average Bonchev–Trinajstić information content (AvgIpc) is 3.22. The monoisotopic (exact) mass is 920 g/mol. The number of phosphoric ester groups is 2.